The van der Waals surface area contributed by atoms with Gasteiger partial charge in [0.05, 0.1) is 6.10 Å². The summed E-state index contributed by atoms with van der Waals surface area (Å²) in [5.41, 5.74) is 1.80. The first-order valence-corrected chi connectivity index (χ1v) is 3.79. The predicted octanol–water partition coefficient (Wildman–Crippen LogP) is 2.10. The van der Waals surface area contributed by atoms with Gasteiger partial charge in [-0.15, -0.1) is 0 Å². The van der Waals surface area contributed by atoms with Gasteiger partial charge in [-0.1, -0.05) is 11.6 Å². The fourth-order valence-electron chi connectivity index (χ4n) is 0.970. The van der Waals surface area contributed by atoms with Crippen LogP contribution < -0.4 is 0 Å². The van der Waals surface area contributed by atoms with Crippen molar-refractivity contribution in [1.29, 1.82) is 0 Å². The largest absolute Gasteiger partial charge is 0.389 e. The lowest BCUT2D eigenvalue weighted by atomic mass is 10.1. The number of hydrogen-bond acceptors (Lipinski definition) is 2. The van der Waals surface area contributed by atoms with Crippen LogP contribution in [0.3, 0.4) is 0 Å². The molecule has 0 saturated carbocycles. The Morgan fingerprint density at radius 1 is 1.64 bits per heavy atom. The second-order valence-electron chi connectivity index (χ2n) is 2.54. The first kappa shape index (κ1) is 8.50. The monoisotopic (exact) mass is 171 g/mol. The van der Waals surface area contributed by atoms with Gasteiger partial charge in [0.25, 0.3) is 0 Å². The average Bonchev–Trinajstić information content (AvgIpc) is 1.85. The van der Waals surface area contributed by atoms with E-state index in [0.29, 0.717) is 5.15 Å². The minimum Gasteiger partial charge on any atom is -0.389 e. The van der Waals surface area contributed by atoms with Gasteiger partial charge in [0.15, 0.2) is 0 Å². The number of halogens is 1. The van der Waals surface area contributed by atoms with Crippen LogP contribution in [0.25, 0.3) is 0 Å². The predicted molar refractivity (Wildman–Crippen MR) is 44.6 cm³/mol. The minimum absolute atomic E-state index is 0.465. The molecule has 0 aliphatic carbocycles. The molecule has 11 heavy (non-hydrogen) atoms. The van der Waals surface area contributed by atoms with Crippen molar-refractivity contribution in [3.05, 3.63) is 28.5 Å². The van der Waals surface area contributed by atoms with E-state index in [1.165, 1.54) is 0 Å². The molecule has 1 N–H and O–H groups in total. The van der Waals surface area contributed by atoms with Gasteiger partial charge >= 0.3 is 0 Å². The van der Waals surface area contributed by atoms with Crippen LogP contribution in [0, 0.1) is 6.92 Å². The van der Waals surface area contributed by atoms with Crippen LogP contribution >= 0.6 is 11.6 Å². The van der Waals surface area contributed by atoms with Crippen LogP contribution in [0.2, 0.25) is 5.15 Å². The number of rotatable bonds is 1. The van der Waals surface area contributed by atoms with Crippen molar-refractivity contribution in [3.8, 4) is 0 Å². The Bertz CT molecular complexity index is 260. The number of pyridine rings is 1. The number of aryl methyl sites for hydroxylation is 1. The third-order valence-electron chi connectivity index (χ3n) is 1.57. The summed E-state index contributed by atoms with van der Waals surface area (Å²) in [5.74, 6) is 0. The smallest absolute Gasteiger partial charge is 0.129 e. The van der Waals surface area contributed by atoms with Crippen molar-refractivity contribution in [2.75, 3.05) is 0 Å². The van der Waals surface area contributed by atoms with E-state index in [1.54, 1.807) is 19.2 Å². The molecule has 0 saturated heterocycles. The molecule has 0 aromatic carbocycles. The van der Waals surface area contributed by atoms with Crippen molar-refractivity contribution in [2.24, 2.45) is 0 Å². The lowest BCUT2D eigenvalue weighted by Crippen LogP contribution is -1.95. The van der Waals surface area contributed by atoms with E-state index in [0.717, 1.165) is 11.1 Å². The van der Waals surface area contributed by atoms with E-state index in [9.17, 15) is 5.11 Å². The molecule has 2 nitrogen and oxygen atoms in total. The van der Waals surface area contributed by atoms with E-state index < -0.39 is 6.10 Å². The van der Waals surface area contributed by atoms with Gasteiger partial charge in [-0.25, -0.2) is 4.98 Å². The van der Waals surface area contributed by atoms with Crippen LogP contribution in [-0.2, 0) is 0 Å². The molecule has 0 spiro atoms. The van der Waals surface area contributed by atoms with Crippen molar-refractivity contribution >= 4 is 11.6 Å². The van der Waals surface area contributed by atoms with Gasteiger partial charge in [-0.2, -0.15) is 0 Å². The Hall–Kier alpha value is -0.600. The molecule has 1 rings (SSSR count). The van der Waals surface area contributed by atoms with E-state index in [4.69, 9.17) is 11.6 Å². The maximum absolute atomic E-state index is 9.21. The van der Waals surface area contributed by atoms with Gasteiger partial charge < -0.3 is 5.11 Å². The number of aliphatic hydroxyl groups is 1. The molecule has 1 aromatic rings. The third kappa shape index (κ3) is 1.91. The van der Waals surface area contributed by atoms with Gasteiger partial charge in [-0.3, -0.25) is 0 Å². The molecule has 0 amide bonds. The Morgan fingerprint density at radius 2 is 2.27 bits per heavy atom. The zero-order chi connectivity index (χ0) is 8.43. The van der Waals surface area contributed by atoms with Crippen molar-refractivity contribution in [3.63, 3.8) is 0 Å². The molecule has 0 aliphatic rings. The van der Waals surface area contributed by atoms with E-state index in [2.05, 4.69) is 4.98 Å². The summed E-state index contributed by atoms with van der Waals surface area (Å²) in [4.78, 5) is 3.87. The Morgan fingerprint density at radius 3 is 2.73 bits per heavy atom. The molecule has 0 fully saturated rings. The number of aliphatic hydroxyl groups excluding tert-OH is 1. The summed E-state index contributed by atoms with van der Waals surface area (Å²) in [6.07, 6.45) is 1.13. The summed E-state index contributed by atoms with van der Waals surface area (Å²) in [7, 11) is 0. The first-order valence-electron chi connectivity index (χ1n) is 3.41. The molecule has 3 heteroatoms. The number of nitrogens with zero attached hydrogens (tertiary/aromatic N) is 1. The first-order chi connectivity index (χ1) is 5.11. The molecule has 1 unspecified atom stereocenters. The zero-order valence-corrected chi connectivity index (χ0v) is 7.26. The second kappa shape index (κ2) is 3.20. The quantitative estimate of drug-likeness (QED) is 0.657. The van der Waals surface area contributed by atoms with Gasteiger partial charge in [0, 0.05) is 11.8 Å². The van der Waals surface area contributed by atoms with E-state index >= 15 is 0 Å². The average molecular weight is 172 g/mol. The topological polar surface area (TPSA) is 33.1 Å². The van der Waals surface area contributed by atoms with Crippen molar-refractivity contribution in [2.45, 2.75) is 20.0 Å². The van der Waals surface area contributed by atoms with Crippen molar-refractivity contribution in [1.82, 2.24) is 4.98 Å². The standard InChI is InChI=1S/C8H10ClNO/c1-5-3-8(9)10-4-7(5)6(2)11/h3-4,6,11H,1-2H3. The minimum atomic E-state index is -0.472. The molecular weight excluding hydrogens is 162 g/mol. The van der Waals surface area contributed by atoms with E-state index in [-0.39, 0.29) is 0 Å². The molecule has 1 aromatic heterocycles. The summed E-state index contributed by atoms with van der Waals surface area (Å²) < 4.78 is 0. The zero-order valence-electron chi connectivity index (χ0n) is 6.50. The van der Waals surface area contributed by atoms with Crippen LogP contribution in [0.5, 0.6) is 0 Å². The third-order valence-corrected chi connectivity index (χ3v) is 1.77. The lowest BCUT2D eigenvalue weighted by molar-refractivity contribution is 0.198. The molecule has 1 heterocycles. The summed E-state index contributed by atoms with van der Waals surface area (Å²) in [5, 5.41) is 9.68. The molecule has 0 aliphatic heterocycles. The molecule has 60 valence electrons. The summed E-state index contributed by atoms with van der Waals surface area (Å²) in [6.45, 7) is 3.60. The highest BCUT2D eigenvalue weighted by atomic mass is 35.5. The summed E-state index contributed by atoms with van der Waals surface area (Å²) >= 11 is 5.63. The SMILES string of the molecule is Cc1cc(Cl)ncc1C(C)O. The Kier molecular flexibility index (Phi) is 2.47. The fraction of sp³-hybridized carbons (Fsp3) is 0.375. The highest BCUT2D eigenvalue weighted by molar-refractivity contribution is 6.29. The molecule has 0 radical (unpaired) electrons. The second-order valence-corrected chi connectivity index (χ2v) is 2.93. The van der Waals surface area contributed by atoms with Crippen molar-refractivity contribution < 1.29 is 5.11 Å². The maximum atomic E-state index is 9.21. The Labute approximate surface area is 70.8 Å². The normalized spacial score (nSPS) is 13.1. The fourth-order valence-corrected chi connectivity index (χ4v) is 1.18. The molecule has 0 bridgehead atoms. The summed E-state index contributed by atoms with van der Waals surface area (Å²) in [6, 6.07) is 1.74. The highest BCUT2D eigenvalue weighted by Crippen LogP contribution is 2.17. The molecule has 1 atom stereocenters. The van der Waals surface area contributed by atoms with Crippen LogP contribution in [-0.4, -0.2) is 10.1 Å². The number of aromatic nitrogens is 1. The number of hydrogen-bond donors (Lipinski definition) is 1. The van der Waals surface area contributed by atoms with E-state index in [1.807, 2.05) is 6.92 Å². The van der Waals surface area contributed by atoms with Gasteiger partial charge in [-0.05, 0) is 25.5 Å². The highest BCUT2D eigenvalue weighted by Gasteiger charge is 2.04. The van der Waals surface area contributed by atoms with Crippen LogP contribution in [0.15, 0.2) is 12.3 Å². The van der Waals surface area contributed by atoms with Gasteiger partial charge in [0.2, 0.25) is 0 Å². The van der Waals surface area contributed by atoms with Crippen LogP contribution in [0.1, 0.15) is 24.2 Å². The van der Waals surface area contributed by atoms with Gasteiger partial charge in [0.1, 0.15) is 5.15 Å². The maximum Gasteiger partial charge on any atom is 0.129 e. The Balaban J connectivity index is 3.09. The lowest BCUT2D eigenvalue weighted by Gasteiger charge is -2.06. The van der Waals surface area contributed by atoms with Crippen LogP contribution in [0.4, 0.5) is 0 Å². The molecular formula is C8H10ClNO.